The zero-order valence-electron chi connectivity index (χ0n) is 6.23. The highest BCUT2D eigenvalue weighted by molar-refractivity contribution is 9.10. The van der Waals surface area contributed by atoms with E-state index in [0.717, 1.165) is 0 Å². The van der Waals surface area contributed by atoms with E-state index in [1.54, 1.807) is 0 Å². The molecule has 0 aliphatic rings. The Bertz CT molecular complexity index is 313. The van der Waals surface area contributed by atoms with E-state index >= 15 is 0 Å². The Morgan fingerprint density at radius 1 is 1.31 bits per heavy atom. The predicted molar refractivity (Wildman–Crippen MR) is 50.5 cm³/mol. The van der Waals surface area contributed by atoms with Gasteiger partial charge in [-0.3, -0.25) is 0 Å². The molecular weight excluding hydrogens is 267 g/mol. The van der Waals surface area contributed by atoms with Gasteiger partial charge in [-0.15, -0.1) is 0 Å². The number of nitrogen functional groups attached to an aromatic ring is 1. The Morgan fingerprint density at radius 2 is 1.92 bits per heavy atom. The maximum absolute atomic E-state index is 11.9. The summed E-state index contributed by atoms with van der Waals surface area (Å²) < 4.78 is 36.2. The van der Waals surface area contributed by atoms with E-state index in [9.17, 15) is 13.2 Å². The fraction of sp³-hybridized carbons (Fsp3) is 0.143. The Morgan fingerprint density at radius 3 is 2.38 bits per heavy atom. The first-order chi connectivity index (χ1) is 5.88. The van der Waals surface area contributed by atoms with Crippen molar-refractivity contribution in [2.45, 2.75) is 10.4 Å². The molecule has 0 bridgehead atoms. The van der Waals surface area contributed by atoms with Gasteiger partial charge >= 0.3 is 5.51 Å². The molecule has 0 unspecified atom stereocenters. The van der Waals surface area contributed by atoms with Gasteiger partial charge in [-0.25, -0.2) is 0 Å². The van der Waals surface area contributed by atoms with Crippen LogP contribution in [-0.4, -0.2) is 5.51 Å². The molecule has 1 nitrogen and oxygen atoms in total. The molecule has 0 atom stereocenters. The molecular formula is C7H5BrF3NS. The van der Waals surface area contributed by atoms with Gasteiger partial charge in [0, 0.05) is 15.1 Å². The van der Waals surface area contributed by atoms with E-state index in [0.29, 0.717) is 10.2 Å². The monoisotopic (exact) mass is 271 g/mol. The average Bonchev–Trinajstić information content (AvgIpc) is 1.94. The second kappa shape index (κ2) is 3.79. The van der Waals surface area contributed by atoms with Gasteiger partial charge in [-0.2, -0.15) is 13.2 Å². The van der Waals surface area contributed by atoms with Crippen molar-refractivity contribution in [1.82, 2.24) is 0 Å². The molecule has 0 heterocycles. The maximum Gasteiger partial charge on any atom is 0.446 e. The number of hydrogen-bond donors (Lipinski definition) is 1. The summed E-state index contributed by atoms with van der Waals surface area (Å²) in [5.41, 5.74) is 1.45. The number of thioether (sulfide) groups is 1. The topological polar surface area (TPSA) is 26.0 Å². The quantitative estimate of drug-likeness (QED) is 0.624. The number of nitrogens with two attached hydrogens (primary N) is 1. The minimum Gasteiger partial charge on any atom is -0.398 e. The smallest absolute Gasteiger partial charge is 0.398 e. The van der Waals surface area contributed by atoms with Crippen molar-refractivity contribution in [3.05, 3.63) is 22.7 Å². The van der Waals surface area contributed by atoms with Crippen LogP contribution in [0.25, 0.3) is 0 Å². The van der Waals surface area contributed by atoms with Gasteiger partial charge < -0.3 is 5.73 Å². The lowest BCUT2D eigenvalue weighted by Gasteiger charge is -2.06. The van der Waals surface area contributed by atoms with Crippen LogP contribution in [0.4, 0.5) is 18.9 Å². The molecule has 0 saturated carbocycles. The fourth-order valence-electron chi connectivity index (χ4n) is 0.719. The second-order valence-corrected chi connectivity index (χ2v) is 4.22. The lowest BCUT2D eigenvalue weighted by Crippen LogP contribution is -1.99. The Hall–Kier alpha value is -0.360. The Balaban J connectivity index is 2.86. The maximum atomic E-state index is 11.9. The van der Waals surface area contributed by atoms with Crippen LogP contribution in [0.2, 0.25) is 0 Å². The van der Waals surface area contributed by atoms with Crippen molar-refractivity contribution in [2.24, 2.45) is 0 Å². The van der Waals surface area contributed by atoms with Crippen LogP contribution in [0.15, 0.2) is 27.6 Å². The van der Waals surface area contributed by atoms with Crippen LogP contribution in [0.3, 0.4) is 0 Å². The molecule has 0 saturated heterocycles. The summed E-state index contributed by atoms with van der Waals surface area (Å²) in [4.78, 5) is 0.0909. The highest BCUT2D eigenvalue weighted by Crippen LogP contribution is 2.38. The third-order valence-electron chi connectivity index (χ3n) is 1.20. The molecule has 1 aromatic carbocycles. The minimum atomic E-state index is -4.26. The first-order valence-corrected chi connectivity index (χ1v) is 4.80. The molecule has 0 aromatic heterocycles. The summed E-state index contributed by atoms with van der Waals surface area (Å²) in [5, 5.41) is 0. The minimum absolute atomic E-state index is 0.0909. The van der Waals surface area contributed by atoms with Crippen LogP contribution in [-0.2, 0) is 0 Å². The number of halogens is 4. The van der Waals surface area contributed by atoms with Crippen molar-refractivity contribution < 1.29 is 13.2 Å². The van der Waals surface area contributed by atoms with E-state index in [4.69, 9.17) is 5.73 Å². The molecule has 0 aliphatic heterocycles. The van der Waals surface area contributed by atoms with Crippen LogP contribution >= 0.6 is 27.7 Å². The summed E-state index contributed by atoms with van der Waals surface area (Å²) in [6, 6.07) is 4.13. The van der Waals surface area contributed by atoms with Gasteiger partial charge in [0.1, 0.15) is 0 Å². The summed E-state index contributed by atoms with van der Waals surface area (Å²) >= 11 is 2.92. The first kappa shape index (κ1) is 10.7. The Labute approximate surface area is 85.6 Å². The van der Waals surface area contributed by atoms with Gasteiger partial charge in [0.05, 0.1) is 0 Å². The largest absolute Gasteiger partial charge is 0.446 e. The van der Waals surface area contributed by atoms with Crippen molar-refractivity contribution in [1.29, 1.82) is 0 Å². The highest BCUT2D eigenvalue weighted by Gasteiger charge is 2.29. The van der Waals surface area contributed by atoms with E-state index in [1.807, 2.05) is 0 Å². The van der Waals surface area contributed by atoms with E-state index in [2.05, 4.69) is 15.9 Å². The van der Waals surface area contributed by atoms with E-state index < -0.39 is 5.51 Å². The summed E-state index contributed by atoms with van der Waals surface area (Å²) in [6.45, 7) is 0. The molecule has 72 valence electrons. The molecule has 0 fully saturated rings. The average molecular weight is 272 g/mol. The van der Waals surface area contributed by atoms with Crippen LogP contribution < -0.4 is 5.73 Å². The Kier molecular flexibility index (Phi) is 3.13. The molecule has 6 heteroatoms. The van der Waals surface area contributed by atoms with E-state index in [1.165, 1.54) is 18.2 Å². The number of hydrogen-bond acceptors (Lipinski definition) is 2. The number of rotatable bonds is 1. The highest BCUT2D eigenvalue weighted by atomic mass is 79.9. The van der Waals surface area contributed by atoms with Gasteiger partial charge in [0.25, 0.3) is 0 Å². The van der Waals surface area contributed by atoms with Crippen LogP contribution in [0, 0.1) is 0 Å². The van der Waals surface area contributed by atoms with Crippen LogP contribution in [0.1, 0.15) is 0 Å². The summed E-state index contributed by atoms with van der Waals surface area (Å²) in [5.74, 6) is 0. The third kappa shape index (κ3) is 3.48. The first-order valence-electron chi connectivity index (χ1n) is 3.19. The van der Waals surface area contributed by atoms with Crippen molar-refractivity contribution >= 4 is 33.4 Å². The lowest BCUT2D eigenvalue weighted by molar-refractivity contribution is -0.0328. The molecule has 0 aliphatic carbocycles. The molecule has 0 spiro atoms. The van der Waals surface area contributed by atoms with Gasteiger partial charge in [0.2, 0.25) is 0 Å². The number of anilines is 1. The lowest BCUT2D eigenvalue weighted by atomic mass is 10.3. The molecule has 1 aromatic rings. The number of benzene rings is 1. The van der Waals surface area contributed by atoms with Gasteiger partial charge in [0.15, 0.2) is 0 Å². The molecule has 2 N–H and O–H groups in total. The standard InChI is InChI=1S/C7H5BrF3NS/c8-5-2-1-4(3-6(5)12)13-7(9,10)11/h1-3H,12H2. The SMILES string of the molecule is Nc1cc(SC(F)(F)F)ccc1Br. The van der Waals surface area contributed by atoms with Crippen LogP contribution in [0.5, 0.6) is 0 Å². The van der Waals surface area contributed by atoms with Crippen molar-refractivity contribution in [3.8, 4) is 0 Å². The van der Waals surface area contributed by atoms with Gasteiger partial charge in [-0.05, 0) is 45.9 Å². The van der Waals surface area contributed by atoms with Gasteiger partial charge in [-0.1, -0.05) is 0 Å². The fourth-order valence-corrected chi connectivity index (χ4v) is 1.55. The number of alkyl halides is 3. The molecule has 1 rings (SSSR count). The normalized spacial score (nSPS) is 11.7. The molecule has 13 heavy (non-hydrogen) atoms. The van der Waals surface area contributed by atoms with Crippen molar-refractivity contribution in [3.63, 3.8) is 0 Å². The van der Waals surface area contributed by atoms with Crippen molar-refractivity contribution in [2.75, 3.05) is 5.73 Å². The third-order valence-corrected chi connectivity index (χ3v) is 2.64. The summed E-state index contributed by atoms with van der Waals surface area (Å²) in [7, 11) is 0. The zero-order chi connectivity index (χ0) is 10.1. The molecule has 0 amide bonds. The summed E-state index contributed by atoms with van der Waals surface area (Å²) in [6.07, 6.45) is 0. The second-order valence-electron chi connectivity index (χ2n) is 2.23. The molecule has 0 radical (unpaired) electrons. The zero-order valence-corrected chi connectivity index (χ0v) is 8.63. The van der Waals surface area contributed by atoms with E-state index in [-0.39, 0.29) is 16.7 Å². The predicted octanol–water partition coefficient (Wildman–Crippen LogP) is 3.64.